The number of amides is 1. The van der Waals surface area contributed by atoms with Crippen LogP contribution in [0.4, 0.5) is 5.69 Å². The van der Waals surface area contributed by atoms with Crippen LogP contribution in [-0.2, 0) is 11.2 Å². The number of aryl methyl sites for hydroxylation is 1. The van der Waals surface area contributed by atoms with Gasteiger partial charge in [-0.2, -0.15) is 0 Å². The van der Waals surface area contributed by atoms with Gasteiger partial charge >= 0.3 is 0 Å². The van der Waals surface area contributed by atoms with Crippen molar-refractivity contribution in [3.05, 3.63) is 91.6 Å². The third-order valence-corrected chi connectivity index (χ3v) is 6.70. The zero-order chi connectivity index (χ0) is 23.5. The summed E-state index contributed by atoms with van der Waals surface area (Å²) in [4.78, 5) is 30.6. The average molecular weight is 519 g/mol. The van der Waals surface area contributed by atoms with Crippen LogP contribution in [0, 0.1) is 0 Å². The van der Waals surface area contributed by atoms with Crippen LogP contribution in [0.15, 0.2) is 70.6 Å². The van der Waals surface area contributed by atoms with E-state index < -0.39 is 0 Å². The number of anilines is 1. The van der Waals surface area contributed by atoms with Crippen LogP contribution in [-0.4, -0.2) is 21.2 Å². The predicted octanol–water partition coefficient (Wildman–Crippen LogP) is 6.64. The molecule has 0 aliphatic rings. The second-order valence-corrected chi connectivity index (χ2v) is 9.35. The first-order valence-electron chi connectivity index (χ1n) is 10.1. The van der Waals surface area contributed by atoms with Crippen molar-refractivity contribution >= 4 is 69.1 Å². The lowest BCUT2D eigenvalue weighted by atomic mass is 10.1. The summed E-state index contributed by atoms with van der Waals surface area (Å²) >= 11 is 19.4. The first-order chi connectivity index (χ1) is 15.9. The van der Waals surface area contributed by atoms with Crippen LogP contribution in [0.5, 0.6) is 0 Å². The molecule has 0 spiro atoms. The Morgan fingerprint density at radius 2 is 1.70 bits per heavy atom. The molecule has 4 rings (SSSR count). The molecule has 0 saturated carbocycles. The minimum Gasteiger partial charge on any atom is -0.323 e. The van der Waals surface area contributed by atoms with Gasteiger partial charge in [0.05, 0.1) is 38.1 Å². The quantitative estimate of drug-likeness (QED) is 0.230. The molecule has 0 fully saturated rings. The van der Waals surface area contributed by atoms with Crippen molar-refractivity contribution in [1.29, 1.82) is 0 Å². The summed E-state index contributed by atoms with van der Waals surface area (Å²) in [5.41, 5.74) is 2.49. The lowest BCUT2D eigenvalue weighted by Gasteiger charge is -2.14. The zero-order valence-corrected chi connectivity index (χ0v) is 20.5. The monoisotopic (exact) mass is 517 g/mol. The molecule has 0 aliphatic carbocycles. The maximum atomic E-state index is 13.3. The number of carbonyl (C=O) groups is 1. The van der Waals surface area contributed by atoms with Gasteiger partial charge in [0, 0.05) is 5.02 Å². The minimum absolute atomic E-state index is 0.00684. The van der Waals surface area contributed by atoms with Gasteiger partial charge in [0.1, 0.15) is 0 Å². The number of benzene rings is 3. The fraction of sp³-hybridized carbons (Fsp3) is 0.125. The van der Waals surface area contributed by atoms with Gasteiger partial charge < -0.3 is 5.32 Å². The number of aromatic nitrogens is 2. The maximum Gasteiger partial charge on any atom is 0.266 e. The number of hydrogen-bond acceptors (Lipinski definition) is 4. The molecule has 0 saturated heterocycles. The smallest absolute Gasteiger partial charge is 0.266 e. The van der Waals surface area contributed by atoms with E-state index in [0.29, 0.717) is 26.8 Å². The van der Waals surface area contributed by atoms with Crippen molar-refractivity contribution in [2.45, 2.75) is 18.5 Å². The Balaban J connectivity index is 1.67. The van der Waals surface area contributed by atoms with Crippen molar-refractivity contribution < 1.29 is 4.79 Å². The Hall–Kier alpha value is -2.51. The zero-order valence-electron chi connectivity index (χ0n) is 17.4. The number of para-hydroxylation sites is 1. The Morgan fingerprint density at radius 1 is 1.03 bits per heavy atom. The molecular formula is C24H18Cl3N3O2S. The van der Waals surface area contributed by atoms with Gasteiger partial charge in [-0.05, 0) is 48.4 Å². The predicted molar refractivity (Wildman–Crippen MR) is 138 cm³/mol. The summed E-state index contributed by atoms with van der Waals surface area (Å²) in [6.07, 6.45) is 0.892. The maximum absolute atomic E-state index is 13.3. The molecule has 1 heterocycles. The normalized spacial score (nSPS) is 11.0. The van der Waals surface area contributed by atoms with E-state index in [0.717, 1.165) is 23.7 Å². The van der Waals surface area contributed by atoms with Gasteiger partial charge in [0.25, 0.3) is 5.56 Å². The molecule has 4 aromatic rings. The van der Waals surface area contributed by atoms with Crippen LogP contribution in [0.25, 0.3) is 16.6 Å². The first-order valence-corrected chi connectivity index (χ1v) is 12.2. The highest BCUT2D eigenvalue weighted by atomic mass is 35.5. The number of carbonyl (C=O) groups excluding carboxylic acids is 1. The number of fused-ring (bicyclic) bond motifs is 1. The average Bonchev–Trinajstić information content (AvgIpc) is 2.80. The molecular weight excluding hydrogens is 501 g/mol. The van der Waals surface area contributed by atoms with Crippen LogP contribution in [0.1, 0.15) is 12.5 Å². The van der Waals surface area contributed by atoms with Crippen LogP contribution < -0.4 is 10.9 Å². The van der Waals surface area contributed by atoms with Gasteiger partial charge in [-0.3, -0.25) is 14.2 Å². The van der Waals surface area contributed by atoms with Gasteiger partial charge in [0.2, 0.25) is 5.91 Å². The van der Waals surface area contributed by atoms with E-state index in [2.05, 4.69) is 17.2 Å². The summed E-state index contributed by atoms with van der Waals surface area (Å²) in [6.45, 7) is 2.07. The van der Waals surface area contributed by atoms with Crippen molar-refractivity contribution in [2.24, 2.45) is 0 Å². The Morgan fingerprint density at radius 3 is 2.36 bits per heavy atom. The highest BCUT2D eigenvalue weighted by molar-refractivity contribution is 7.99. The fourth-order valence-corrected chi connectivity index (χ4v) is 5.01. The molecule has 1 amide bonds. The van der Waals surface area contributed by atoms with E-state index >= 15 is 0 Å². The summed E-state index contributed by atoms with van der Waals surface area (Å²) in [6, 6.07) is 17.9. The molecule has 0 atom stereocenters. The topological polar surface area (TPSA) is 64.0 Å². The van der Waals surface area contributed by atoms with Crippen LogP contribution >= 0.6 is 46.6 Å². The molecule has 5 nitrogen and oxygen atoms in total. The van der Waals surface area contributed by atoms with Crippen molar-refractivity contribution in [2.75, 3.05) is 11.1 Å². The van der Waals surface area contributed by atoms with Gasteiger partial charge in [-0.15, -0.1) is 0 Å². The van der Waals surface area contributed by atoms with Gasteiger partial charge in [-0.25, -0.2) is 4.98 Å². The second-order valence-electron chi connectivity index (χ2n) is 7.15. The van der Waals surface area contributed by atoms with Crippen molar-refractivity contribution in [1.82, 2.24) is 9.55 Å². The number of nitrogens with zero attached hydrogens (tertiary/aromatic N) is 2. The van der Waals surface area contributed by atoms with E-state index in [4.69, 9.17) is 34.8 Å². The highest BCUT2D eigenvalue weighted by Crippen LogP contribution is 2.34. The minimum atomic E-state index is -0.346. The van der Waals surface area contributed by atoms with Gasteiger partial charge in [0.15, 0.2) is 5.16 Å². The number of rotatable bonds is 6. The molecule has 9 heteroatoms. The molecule has 3 aromatic carbocycles. The molecule has 33 heavy (non-hydrogen) atoms. The van der Waals surface area contributed by atoms with Gasteiger partial charge in [-0.1, -0.05) is 77.8 Å². The van der Waals surface area contributed by atoms with E-state index in [1.54, 1.807) is 18.2 Å². The third-order valence-electron chi connectivity index (χ3n) is 4.95. The largest absolute Gasteiger partial charge is 0.323 e. The second kappa shape index (κ2) is 10.2. The first kappa shape index (κ1) is 23.6. The lowest BCUT2D eigenvalue weighted by Crippen LogP contribution is -2.23. The Kier molecular flexibility index (Phi) is 7.29. The van der Waals surface area contributed by atoms with E-state index in [9.17, 15) is 9.59 Å². The Bertz CT molecular complexity index is 1380. The lowest BCUT2D eigenvalue weighted by molar-refractivity contribution is -0.113. The molecule has 1 N–H and O–H groups in total. The molecule has 168 valence electrons. The van der Waals surface area contributed by atoms with E-state index in [1.807, 2.05) is 30.3 Å². The van der Waals surface area contributed by atoms with E-state index in [-0.39, 0.29) is 33.0 Å². The number of thioether (sulfide) groups is 1. The van der Waals surface area contributed by atoms with Crippen LogP contribution in [0.3, 0.4) is 0 Å². The molecule has 1 aromatic heterocycles. The van der Waals surface area contributed by atoms with E-state index in [1.165, 1.54) is 16.7 Å². The summed E-state index contributed by atoms with van der Waals surface area (Å²) in [5, 5.41) is 4.47. The number of halogens is 3. The van der Waals surface area contributed by atoms with Crippen molar-refractivity contribution in [3.63, 3.8) is 0 Å². The SMILES string of the molecule is CCc1ccc(-n2c(SCC(=O)Nc3c(Cl)cc(Cl)cc3Cl)nc3ccccc3c2=O)cc1. The Labute approximate surface area is 209 Å². The molecule has 0 unspecified atom stereocenters. The number of hydrogen-bond donors (Lipinski definition) is 1. The third kappa shape index (κ3) is 5.20. The molecule has 0 radical (unpaired) electrons. The number of nitrogens with one attached hydrogen (secondary N) is 1. The fourth-order valence-electron chi connectivity index (χ4n) is 3.28. The molecule has 0 bridgehead atoms. The standard InChI is InChI=1S/C24H18Cl3N3O2S/c1-2-14-7-9-16(10-8-14)30-23(32)17-5-3-4-6-20(17)28-24(30)33-13-21(31)29-22-18(26)11-15(25)12-19(22)27/h3-12H,2,13H2,1H3,(H,29,31). The molecule has 0 aliphatic heterocycles. The highest BCUT2D eigenvalue weighted by Gasteiger charge is 2.16. The summed E-state index contributed by atoms with van der Waals surface area (Å²) < 4.78 is 1.53. The summed E-state index contributed by atoms with van der Waals surface area (Å²) in [5.74, 6) is -0.353. The summed E-state index contributed by atoms with van der Waals surface area (Å²) in [7, 11) is 0. The van der Waals surface area contributed by atoms with Crippen molar-refractivity contribution in [3.8, 4) is 5.69 Å². The van der Waals surface area contributed by atoms with Crippen LogP contribution in [0.2, 0.25) is 15.1 Å².